The van der Waals surface area contributed by atoms with Crippen molar-refractivity contribution in [3.63, 3.8) is 0 Å². The molecule has 1 aliphatic rings. The zero-order chi connectivity index (χ0) is 23.6. The molecule has 1 aliphatic heterocycles. The highest BCUT2D eigenvalue weighted by molar-refractivity contribution is 7.80. The fraction of sp³-hybridized carbons (Fsp3) is 0.333. The lowest BCUT2D eigenvalue weighted by Gasteiger charge is -2.42. The summed E-state index contributed by atoms with van der Waals surface area (Å²) < 4.78 is 40.4. The highest BCUT2D eigenvalue weighted by Gasteiger charge is 2.36. The number of nitrogens with one attached hydrogen (secondary N) is 1. The lowest BCUT2D eigenvalue weighted by molar-refractivity contribution is -0.137. The number of halogens is 3. The minimum Gasteiger partial charge on any atom is -0.376 e. The fourth-order valence-electron chi connectivity index (χ4n) is 4.53. The van der Waals surface area contributed by atoms with Crippen molar-refractivity contribution in [1.29, 1.82) is 0 Å². The molecule has 1 fully saturated rings. The van der Waals surface area contributed by atoms with Gasteiger partial charge in [0.2, 0.25) is 0 Å². The molecule has 0 bridgehead atoms. The molecule has 3 unspecified atom stereocenters. The van der Waals surface area contributed by atoms with Gasteiger partial charge in [0.25, 0.3) is 0 Å². The standard InChI is InChI=1S/C24H26F3N5S/c1-16(21-14-31(15-30-21)18-9-7-17(8-10-18)24(25,26)27)20-13-29-12-11-22(20)32(23(28)33)19-5-3-2-4-6-19/h2-10,14-16,20,22,29H,11-13H2,1H3,(H2,28,33). The number of nitrogens with two attached hydrogens (primary N) is 1. The molecule has 0 spiro atoms. The first kappa shape index (κ1) is 23.3. The summed E-state index contributed by atoms with van der Waals surface area (Å²) in [6, 6.07) is 15.1. The molecule has 3 N–H and O–H groups in total. The number of para-hydroxylation sites is 1. The second kappa shape index (κ2) is 9.52. The van der Waals surface area contributed by atoms with Gasteiger partial charge in [-0.25, -0.2) is 4.98 Å². The third-order valence-electron chi connectivity index (χ3n) is 6.30. The van der Waals surface area contributed by atoms with E-state index >= 15 is 0 Å². The SMILES string of the molecule is CC(c1cn(-c2ccc(C(F)(F)F)cc2)cn1)C1CNCCC1N(C(N)=S)c1ccccc1. The van der Waals surface area contributed by atoms with Crippen molar-refractivity contribution in [2.24, 2.45) is 11.7 Å². The lowest BCUT2D eigenvalue weighted by Crippen LogP contribution is -2.55. The molecular weight excluding hydrogens is 447 g/mol. The van der Waals surface area contributed by atoms with Crippen molar-refractivity contribution >= 4 is 23.0 Å². The first-order valence-corrected chi connectivity index (χ1v) is 11.2. The molecule has 0 radical (unpaired) electrons. The van der Waals surface area contributed by atoms with Crippen molar-refractivity contribution in [3.8, 4) is 5.69 Å². The van der Waals surface area contributed by atoms with Crippen LogP contribution in [0.5, 0.6) is 0 Å². The van der Waals surface area contributed by atoms with E-state index in [0.29, 0.717) is 10.8 Å². The minimum atomic E-state index is -4.36. The zero-order valence-corrected chi connectivity index (χ0v) is 19.0. The van der Waals surface area contributed by atoms with Crippen LogP contribution in [0.1, 0.15) is 30.5 Å². The Morgan fingerprint density at radius 3 is 2.52 bits per heavy atom. The van der Waals surface area contributed by atoms with E-state index in [2.05, 4.69) is 17.2 Å². The summed E-state index contributed by atoms with van der Waals surface area (Å²) in [6.45, 7) is 3.76. The Bertz CT molecular complexity index is 1080. The quantitative estimate of drug-likeness (QED) is 0.525. The molecule has 0 saturated carbocycles. The Kier molecular flexibility index (Phi) is 6.71. The molecular formula is C24H26F3N5S. The van der Waals surface area contributed by atoms with Gasteiger partial charge in [-0.3, -0.25) is 0 Å². The summed E-state index contributed by atoms with van der Waals surface area (Å²) in [6.07, 6.45) is 0.0416. The van der Waals surface area contributed by atoms with Gasteiger partial charge in [0.05, 0.1) is 17.6 Å². The largest absolute Gasteiger partial charge is 0.416 e. The van der Waals surface area contributed by atoms with E-state index < -0.39 is 11.7 Å². The van der Waals surface area contributed by atoms with Gasteiger partial charge in [-0.2, -0.15) is 13.2 Å². The predicted molar refractivity (Wildman–Crippen MR) is 127 cm³/mol. The van der Waals surface area contributed by atoms with Crippen LogP contribution in [-0.4, -0.2) is 33.8 Å². The second-order valence-corrected chi connectivity index (χ2v) is 8.73. The molecule has 2 heterocycles. The van der Waals surface area contributed by atoms with Crippen LogP contribution in [0, 0.1) is 5.92 Å². The summed E-state index contributed by atoms with van der Waals surface area (Å²) in [5, 5.41) is 3.80. The smallest absolute Gasteiger partial charge is 0.376 e. The van der Waals surface area contributed by atoms with E-state index in [9.17, 15) is 13.2 Å². The van der Waals surface area contributed by atoms with Crippen molar-refractivity contribution < 1.29 is 13.2 Å². The van der Waals surface area contributed by atoms with Crippen LogP contribution in [0.15, 0.2) is 67.1 Å². The molecule has 0 amide bonds. The molecule has 3 aromatic rings. The maximum absolute atomic E-state index is 12.9. The van der Waals surface area contributed by atoms with Crippen molar-refractivity contribution in [2.75, 3.05) is 18.0 Å². The number of piperidine rings is 1. The number of benzene rings is 2. The number of imidazole rings is 1. The number of rotatable bonds is 5. The van der Waals surface area contributed by atoms with E-state index in [1.165, 1.54) is 12.1 Å². The normalized spacial score (nSPS) is 19.8. The van der Waals surface area contributed by atoms with Gasteiger partial charge in [0.15, 0.2) is 5.11 Å². The number of anilines is 1. The van der Waals surface area contributed by atoms with Gasteiger partial charge in [-0.15, -0.1) is 0 Å². The topological polar surface area (TPSA) is 59.1 Å². The van der Waals surface area contributed by atoms with Crippen LogP contribution in [0.25, 0.3) is 5.69 Å². The molecule has 5 nitrogen and oxygen atoms in total. The average Bonchev–Trinajstić information content (AvgIpc) is 3.29. The summed E-state index contributed by atoms with van der Waals surface area (Å²) in [7, 11) is 0. The van der Waals surface area contributed by atoms with Crippen LogP contribution in [0.2, 0.25) is 0 Å². The Hall–Kier alpha value is -2.91. The van der Waals surface area contributed by atoms with Crippen LogP contribution in [0.4, 0.5) is 18.9 Å². The summed E-state index contributed by atoms with van der Waals surface area (Å²) in [5.41, 5.74) is 7.94. The molecule has 1 aromatic heterocycles. The third kappa shape index (κ3) is 5.04. The van der Waals surface area contributed by atoms with E-state index in [1.54, 1.807) is 10.9 Å². The van der Waals surface area contributed by atoms with Crippen LogP contribution in [-0.2, 0) is 6.18 Å². The van der Waals surface area contributed by atoms with Crippen LogP contribution >= 0.6 is 12.2 Å². The number of aromatic nitrogens is 2. The van der Waals surface area contributed by atoms with Crippen LogP contribution < -0.4 is 16.0 Å². The van der Waals surface area contributed by atoms with Gasteiger partial charge in [-0.1, -0.05) is 25.1 Å². The summed E-state index contributed by atoms with van der Waals surface area (Å²) in [5.74, 6) is 0.246. The summed E-state index contributed by atoms with van der Waals surface area (Å²) >= 11 is 5.42. The lowest BCUT2D eigenvalue weighted by atomic mass is 9.80. The number of thiocarbonyl (C=S) groups is 1. The molecule has 0 aliphatic carbocycles. The monoisotopic (exact) mass is 473 g/mol. The van der Waals surface area contributed by atoms with Crippen molar-refractivity contribution in [2.45, 2.75) is 31.5 Å². The Morgan fingerprint density at radius 1 is 1.18 bits per heavy atom. The Balaban J connectivity index is 1.58. The zero-order valence-electron chi connectivity index (χ0n) is 18.2. The number of alkyl halides is 3. The van der Waals surface area contributed by atoms with E-state index in [4.69, 9.17) is 18.0 Å². The maximum Gasteiger partial charge on any atom is 0.416 e. The van der Waals surface area contributed by atoms with Gasteiger partial charge in [0, 0.05) is 42.0 Å². The number of nitrogens with zero attached hydrogens (tertiary/aromatic N) is 3. The fourth-order valence-corrected chi connectivity index (χ4v) is 4.77. The first-order valence-electron chi connectivity index (χ1n) is 10.8. The van der Waals surface area contributed by atoms with Crippen molar-refractivity contribution in [3.05, 3.63) is 78.4 Å². The van der Waals surface area contributed by atoms with Gasteiger partial charge in [-0.05, 0) is 61.6 Å². The number of hydrogen-bond donors (Lipinski definition) is 2. The molecule has 33 heavy (non-hydrogen) atoms. The molecule has 2 aromatic carbocycles. The third-order valence-corrected chi connectivity index (χ3v) is 6.50. The Labute approximate surface area is 196 Å². The predicted octanol–water partition coefficient (Wildman–Crippen LogP) is 4.72. The number of hydrogen-bond acceptors (Lipinski definition) is 3. The molecule has 9 heteroatoms. The second-order valence-electron chi connectivity index (χ2n) is 8.31. The highest BCUT2D eigenvalue weighted by Crippen LogP contribution is 2.34. The van der Waals surface area contributed by atoms with Crippen molar-refractivity contribution in [1.82, 2.24) is 14.9 Å². The minimum absolute atomic E-state index is 0.0686. The van der Waals surface area contributed by atoms with Gasteiger partial charge < -0.3 is 20.5 Å². The highest BCUT2D eigenvalue weighted by atomic mass is 32.1. The first-order chi connectivity index (χ1) is 15.8. The van der Waals surface area contributed by atoms with E-state index in [-0.39, 0.29) is 17.9 Å². The molecule has 1 saturated heterocycles. The molecule has 3 atom stereocenters. The maximum atomic E-state index is 12.9. The molecule has 4 rings (SSSR count). The van der Waals surface area contributed by atoms with Gasteiger partial charge >= 0.3 is 6.18 Å². The van der Waals surface area contributed by atoms with Gasteiger partial charge in [0.1, 0.15) is 0 Å². The summed E-state index contributed by atoms with van der Waals surface area (Å²) in [4.78, 5) is 6.61. The van der Waals surface area contributed by atoms with E-state index in [1.807, 2.05) is 41.4 Å². The van der Waals surface area contributed by atoms with E-state index in [0.717, 1.165) is 43.0 Å². The Morgan fingerprint density at radius 2 is 1.88 bits per heavy atom. The van der Waals surface area contributed by atoms with Crippen LogP contribution in [0.3, 0.4) is 0 Å². The average molecular weight is 474 g/mol. The molecule has 174 valence electrons.